The molecule has 1 aromatic rings. The second-order valence-corrected chi connectivity index (χ2v) is 4.74. The molecule has 0 aromatic carbocycles. The van der Waals surface area contributed by atoms with E-state index in [9.17, 15) is 0 Å². The summed E-state index contributed by atoms with van der Waals surface area (Å²) in [6, 6.07) is 2.97. The molecule has 2 heteroatoms. The van der Waals surface area contributed by atoms with Crippen LogP contribution in [0.4, 0.5) is 0 Å². The summed E-state index contributed by atoms with van der Waals surface area (Å²) >= 11 is 1.97. The van der Waals surface area contributed by atoms with Crippen LogP contribution in [-0.4, -0.2) is 6.54 Å². The Bertz CT molecular complexity index is 277. The maximum Gasteiger partial charge on any atom is 0.0328 e. The molecule has 1 aromatic heterocycles. The lowest BCUT2D eigenvalue weighted by atomic mass is 10.0. The minimum atomic E-state index is 0.624. The molecule has 0 amide bonds. The summed E-state index contributed by atoms with van der Waals surface area (Å²) in [6.07, 6.45) is 2.44. The first-order chi connectivity index (χ1) is 5.81. The van der Waals surface area contributed by atoms with Gasteiger partial charge in [-0.2, -0.15) is 0 Å². The molecule has 2 rings (SSSR count). The van der Waals surface area contributed by atoms with E-state index >= 15 is 0 Å². The Morgan fingerprint density at radius 2 is 2.50 bits per heavy atom. The van der Waals surface area contributed by atoms with Crippen molar-refractivity contribution in [3.05, 3.63) is 21.4 Å². The summed E-state index contributed by atoms with van der Waals surface area (Å²) < 4.78 is 0. The van der Waals surface area contributed by atoms with E-state index in [1.807, 2.05) is 11.3 Å². The highest BCUT2D eigenvalue weighted by Crippen LogP contribution is 2.31. The van der Waals surface area contributed by atoms with Crippen LogP contribution in [0.25, 0.3) is 0 Å². The van der Waals surface area contributed by atoms with E-state index in [2.05, 4.69) is 25.2 Å². The quantitative estimate of drug-likeness (QED) is 0.702. The Labute approximate surface area is 77.8 Å². The Morgan fingerprint density at radius 3 is 3.25 bits per heavy atom. The summed E-state index contributed by atoms with van der Waals surface area (Å²) in [7, 11) is 0. The first kappa shape index (κ1) is 8.27. The average molecular weight is 181 g/mol. The van der Waals surface area contributed by atoms with Crippen LogP contribution < -0.4 is 5.32 Å². The zero-order valence-electron chi connectivity index (χ0n) is 7.68. The third-order valence-corrected chi connectivity index (χ3v) is 3.62. The van der Waals surface area contributed by atoms with Crippen molar-refractivity contribution in [1.29, 1.82) is 0 Å². The minimum absolute atomic E-state index is 0.624. The largest absolute Gasteiger partial charge is 0.310 e. The highest BCUT2D eigenvalue weighted by molar-refractivity contribution is 7.12. The van der Waals surface area contributed by atoms with E-state index in [4.69, 9.17) is 0 Å². The molecule has 1 atom stereocenters. The molecule has 1 unspecified atom stereocenters. The number of fused-ring (bicyclic) bond motifs is 1. The van der Waals surface area contributed by atoms with Gasteiger partial charge in [0.1, 0.15) is 0 Å². The van der Waals surface area contributed by atoms with Crippen LogP contribution in [0, 0.1) is 6.92 Å². The van der Waals surface area contributed by atoms with Gasteiger partial charge in [0.15, 0.2) is 0 Å². The fraction of sp³-hybridized carbons (Fsp3) is 0.600. The third-order valence-electron chi connectivity index (χ3n) is 2.49. The average Bonchev–Trinajstić information content (AvgIpc) is 2.44. The minimum Gasteiger partial charge on any atom is -0.310 e. The monoisotopic (exact) mass is 181 g/mol. The number of nitrogens with one attached hydrogen (secondary N) is 1. The molecule has 0 saturated heterocycles. The Morgan fingerprint density at radius 1 is 1.67 bits per heavy atom. The zero-order chi connectivity index (χ0) is 8.55. The standard InChI is InChI=1S/C10H15NS/c1-3-9-8-6-7(2)12-10(8)4-5-11-9/h6,9,11H,3-5H2,1-2H3. The van der Waals surface area contributed by atoms with Crippen molar-refractivity contribution in [2.24, 2.45) is 0 Å². The lowest BCUT2D eigenvalue weighted by Crippen LogP contribution is -2.27. The molecule has 1 aliphatic rings. The first-order valence-electron chi connectivity index (χ1n) is 4.64. The van der Waals surface area contributed by atoms with Crippen LogP contribution in [0.3, 0.4) is 0 Å². The molecule has 1 aliphatic heterocycles. The van der Waals surface area contributed by atoms with Gasteiger partial charge in [-0.15, -0.1) is 11.3 Å². The predicted octanol–water partition coefficient (Wildman–Crippen LogP) is 2.65. The van der Waals surface area contributed by atoms with Gasteiger partial charge in [-0.25, -0.2) is 0 Å². The van der Waals surface area contributed by atoms with E-state index in [-0.39, 0.29) is 0 Å². The van der Waals surface area contributed by atoms with Crippen molar-refractivity contribution < 1.29 is 0 Å². The smallest absolute Gasteiger partial charge is 0.0328 e. The number of hydrogen-bond acceptors (Lipinski definition) is 2. The van der Waals surface area contributed by atoms with Crippen molar-refractivity contribution in [3.63, 3.8) is 0 Å². The Balaban J connectivity index is 2.36. The SMILES string of the molecule is CCC1NCCc2sc(C)cc21. The summed E-state index contributed by atoms with van der Waals surface area (Å²) in [5.74, 6) is 0. The molecule has 0 saturated carbocycles. The van der Waals surface area contributed by atoms with Gasteiger partial charge in [-0.3, -0.25) is 0 Å². The van der Waals surface area contributed by atoms with Gasteiger partial charge in [0.05, 0.1) is 0 Å². The van der Waals surface area contributed by atoms with Crippen LogP contribution in [0.1, 0.15) is 34.7 Å². The third kappa shape index (κ3) is 1.29. The topological polar surface area (TPSA) is 12.0 Å². The van der Waals surface area contributed by atoms with E-state index in [1.54, 1.807) is 10.4 Å². The van der Waals surface area contributed by atoms with E-state index in [1.165, 1.54) is 17.7 Å². The number of aryl methyl sites for hydroxylation is 1. The van der Waals surface area contributed by atoms with Gasteiger partial charge in [0.2, 0.25) is 0 Å². The maximum absolute atomic E-state index is 3.54. The molecule has 12 heavy (non-hydrogen) atoms. The molecule has 1 nitrogen and oxygen atoms in total. The van der Waals surface area contributed by atoms with E-state index < -0.39 is 0 Å². The van der Waals surface area contributed by atoms with Crippen LogP contribution in [0.15, 0.2) is 6.07 Å². The molecule has 66 valence electrons. The Hall–Kier alpha value is -0.340. The summed E-state index contributed by atoms with van der Waals surface area (Å²) in [4.78, 5) is 3.07. The predicted molar refractivity (Wildman–Crippen MR) is 53.8 cm³/mol. The lowest BCUT2D eigenvalue weighted by Gasteiger charge is -2.22. The molecule has 2 heterocycles. The van der Waals surface area contributed by atoms with Crippen molar-refractivity contribution in [3.8, 4) is 0 Å². The first-order valence-corrected chi connectivity index (χ1v) is 5.45. The van der Waals surface area contributed by atoms with Gasteiger partial charge in [-0.1, -0.05) is 6.92 Å². The molecule has 0 aliphatic carbocycles. The molecule has 0 radical (unpaired) electrons. The zero-order valence-corrected chi connectivity index (χ0v) is 8.50. The van der Waals surface area contributed by atoms with E-state index in [0.717, 1.165) is 6.54 Å². The molecule has 0 bridgehead atoms. The summed E-state index contributed by atoms with van der Waals surface area (Å²) in [5, 5.41) is 3.54. The number of rotatable bonds is 1. The molecule has 1 N–H and O–H groups in total. The number of hydrogen-bond donors (Lipinski definition) is 1. The molecular formula is C10H15NS. The van der Waals surface area contributed by atoms with Crippen LogP contribution >= 0.6 is 11.3 Å². The highest BCUT2D eigenvalue weighted by atomic mass is 32.1. The summed E-state index contributed by atoms with van der Waals surface area (Å²) in [5.41, 5.74) is 1.56. The van der Waals surface area contributed by atoms with E-state index in [0.29, 0.717) is 6.04 Å². The van der Waals surface area contributed by atoms with Gasteiger partial charge in [0, 0.05) is 22.3 Å². The van der Waals surface area contributed by atoms with Crippen LogP contribution in [0.2, 0.25) is 0 Å². The second kappa shape index (κ2) is 3.19. The molecule has 0 spiro atoms. The van der Waals surface area contributed by atoms with Gasteiger partial charge in [0.25, 0.3) is 0 Å². The number of thiophene rings is 1. The van der Waals surface area contributed by atoms with Crippen molar-refractivity contribution in [2.75, 3.05) is 6.54 Å². The van der Waals surface area contributed by atoms with Crippen molar-refractivity contribution in [1.82, 2.24) is 5.32 Å². The normalized spacial score (nSPS) is 22.3. The van der Waals surface area contributed by atoms with Crippen LogP contribution in [-0.2, 0) is 6.42 Å². The highest BCUT2D eigenvalue weighted by Gasteiger charge is 2.19. The molecular weight excluding hydrogens is 166 g/mol. The Kier molecular flexibility index (Phi) is 2.20. The molecule has 0 fully saturated rings. The lowest BCUT2D eigenvalue weighted by molar-refractivity contribution is 0.497. The maximum atomic E-state index is 3.54. The van der Waals surface area contributed by atoms with Gasteiger partial charge < -0.3 is 5.32 Å². The van der Waals surface area contributed by atoms with Gasteiger partial charge in [-0.05, 0) is 31.4 Å². The fourth-order valence-electron chi connectivity index (χ4n) is 1.91. The fourth-order valence-corrected chi connectivity index (χ4v) is 3.00. The van der Waals surface area contributed by atoms with Crippen molar-refractivity contribution in [2.45, 2.75) is 32.7 Å². The van der Waals surface area contributed by atoms with Crippen molar-refractivity contribution >= 4 is 11.3 Å². The summed E-state index contributed by atoms with van der Waals surface area (Å²) in [6.45, 7) is 5.61. The second-order valence-electron chi connectivity index (χ2n) is 3.40. The van der Waals surface area contributed by atoms with Crippen LogP contribution in [0.5, 0.6) is 0 Å². The van der Waals surface area contributed by atoms with Gasteiger partial charge >= 0.3 is 0 Å².